The molecular weight excluding hydrogens is 224 g/mol. The van der Waals surface area contributed by atoms with Crippen molar-refractivity contribution in [2.24, 2.45) is 0 Å². The van der Waals surface area contributed by atoms with Gasteiger partial charge in [-0.2, -0.15) is 0 Å². The highest BCUT2D eigenvalue weighted by molar-refractivity contribution is 5.89. The zero-order chi connectivity index (χ0) is 12.7. The van der Waals surface area contributed by atoms with Crippen molar-refractivity contribution in [3.8, 4) is 0 Å². The van der Waals surface area contributed by atoms with Crippen molar-refractivity contribution in [1.29, 1.82) is 0 Å². The van der Waals surface area contributed by atoms with Gasteiger partial charge in [0.25, 0.3) is 0 Å². The van der Waals surface area contributed by atoms with Crippen LogP contribution in [0, 0.1) is 0 Å². The van der Waals surface area contributed by atoms with Crippen LogP contribution in [0.5, 0.6) is 0 Å². The van der Waals surface area contributed by atoms with E-state index in [0.717, 1.165) is 0 Å². The van der Waals surface area contributed by atoms with Crippen LogP contribution >= 0.6 is 0 Å². The van der Waals surface area contributed by atoms with Gasteiger partial charge in [-0.1, -0.05) is 0 Å². The van der Waals surface area contributed by atoms with Crippen LogP contribution < -0.4 is 0 Å². The van der Waals surface area contributed by atoms with Gasteiger partial charge in [0.15, 0.2) is 5.76 Å². The molecule has 96 valence electrons. The SMILES string of the molecule is CCOC(=O)c1coc(C(OCC)OCC)c1. The molecule has 1 heterocycles. The fraction of sp³-hybridized carbons (Fsp3) is 0.583. The molecule has 0 aliphatic rings. The Balaban J connectivity index is 2.73. The van der Waals surface area contributed by atoms with Crippen molar-refractivity contribution in [2.45, 2.75) is 27.1 Å². The van der Waals surface area contributed by atoms with E-state index in [1.165, 1.54) is 6.26 Å². The lowest BCUT2D eigenvalue weighted by Crippen LogP contribution is -2.08. The first kappa shape index (κ1) is 13.7. The molecule has 0 radical (unpaired) electrons. The van der Waals surface area contributed by atoms with Crippen LogP contribution in [-0.4, -0.2) is 25.8 Å². The summed E-state index contributed by atoms with van der Waals surface area (Å²) in [5, 5.41) is 0. The summed E-state index contributed by atoms with van der Waals surface area (Å²) in [5.41, 5.74) is 0.367. The van der Waals surface area contributed by atoms with Crippen molar-refractivity contribution in [1.82, 2.24) is 0 Å². The maximum atomic E-state index is 11.4. The second kappa shape index (κ2) is 7.09. The van der Waals surface area contributed by atoms with E-state index in [1.54, 1.807) is 13.0 Å². The molecule has 1 rings (SSSR count). The number of esters is 1. The third-order valence-electron chi connectivity index (χ3n) is 2.00. The molecule has 0 bridgehead atoms. The van der Waals surface area contributed by atoms with Crippen LogP contribution in [0.4, 0.5) is 0 Å². The monoisotopic (exact) mass is 242 g/mol. The van der Waals surface area contributed by atoms with E-state index < -0.39 is 12.3 Å². The summed E-state index contributed by atoms with van der Waals surface area (Å²) in [6, 6.07) is 1.58. The number of carbonyl (C=O) groups is 1. The standard InChI is InChI=1S/C12H18O5/c1-4-14-11(13)9-7-10(17-8-9)12(15-5-2)16-6-3/h7-8,12H,4-6H2,1-3H3. The molecule has 0 aliphatic heterocycles. The van der Waals surface area contributed by atoms with Gasteiger partial charge in [0.05, 0.1) is 12.2 Å². The molecule has 0 N–H and O–H groups in total. The minimum atomic E-state index is -0.576. The molecule has 0 saturated heterocycles. The summed E-state index contributed by atoms with van der Waals surface area (Å²) >= 11 is 0. The Morgan fingerprint density at radius 1 is 1.24 bits per heavy atom. The lowest BCUT2D eigenvalue weighted by molar-refractivity contribution is -0.150. The van der Waals surface area contributed by atoms with Gasteiger partial charge < -0.3 is 18.6 Å². The van der Waals surface area contributed by atoms with Crippen LogP contribution in [0.3, 0.4) is 0 Å². The summed E-state index contributed by atoms with van der Waals surface area (Å²) < 4.78 is 20.8. The molecule has 0 amide bonds. The molecule has 5 heteroatoms. The Labute approximate surface area is 101 Å². The summed E-state index contributed by atoms with van der Waals surface area (Å²) in [6.45, 7) is 6.81. The molecule has 0 spiro atoms. The van der Waals surface area contributed by atoms with E-state index in [2.05, 4.69) is 0 Å². The Morgan fingerprint density at radius 2 is 1.88 bits per heavy atom. The normalized spacial score (nSPS) is 10.8. The summed E-state index contributed by atoms with van der Waals surface area (Å²) in [5.74, 6) is 0.0611. The van der Waals surface area contributed by atoms with Crippen molar-refractivity contribution in [3.05, 3.63) is 23.7 Å². The summed E-state index contributed by atoms with van der Waals surface area (Å²) in [6.07, 6.45) is 0.770. The minimum Gasteiger partial charge on any atom is -0.463 e. The van der Waals surface area contributed by atoms with Gasteiger partial charge in [-0.25, -0.2) is 4.79 Å². The summed E-state index contributed by atoms with van der Waals surface area (Å²) in [4.78, 5) is 11.4. The molecule has 5 nitrogen and oxygen atoms in total. The first-order chi connectivity index (χ1) is 8.22. The average Bonchev–Trinajstić information content (AvgIpc) is 2.78. The largest absolute Gasteiger partial charge is 0.463 e. The lowest BCUT2D eigenvalue weighted by atomic mass is 10.3. The fourth-order valence-corrected chi connectivity index (χ4v) is 1.31. The zero-order valence-electron chi connectivity index (χ0n) is 10.4. The molecule has 0 saturated carbocycles. The van der Waals surface area contributed by atoms with Gasteiger partial charge in [-0.05, 0) is 26.8 Å². The third-order valence-corrected chi connectivity index (χ3v) is 2.00. The molecular formula is C12H18O5. The Kier molecular flexibility index (Phi) is 5.72. The molecule has 0 aromatic carbocycles. The van der Waals surface area contributed by atoms with Crippen LogP contribution in [0.25, 0.3) is 0 Å². The van der Waals surface area contributed by atoms with Gasteiger partial charge >= 0.3 is 5.97 Å². The van der Waals surface area contributed by atoms with Crippen LogP contribution in [0.1, 0.15) is 43.2 Å². The predicted molar refractivity (Wildman–Crippen MR) is 60.7 cm³/mol. The van der Waals surface area contributed by atoms with E-state index in [1.807, 2.05) is 13.8 Å². The van der Waals surface area contributed by atoms with E-state index in [0.29, 0.717) is 31.1 Å². The van der Waals surface area contributed by atoms with E-state index in [-0.39, 0.29) is 0 Å². The molecule has 0 fully saturated rings. The smallest absolute Gasteiger partial charge is 0.341 e. The van der Waals surface area contributed by atoms with Gasteiger partial charge in [-0.15, -0.1) is 0 Å². The van der Waals surface area contributed by atoms with Crippen LogP contribution in [0.2, 0.25) is 0 Å². The summed E-state index contributed by atoms with van der Waals surface area (Å²) in [7, 11) is 0. The molecule has 0 aliphatic carbocycles. The fourth-order valence-electron chi connectivity index (χ4n) is 1.31. The van der Waals surface area contributed by atoms with Crippen LogP contribution in [-0.2, 0) is 14.2 Å². The number of rotatable bonds is 7. The van der Waals surface area contributed by atoms with E-state index in [4.69, 9.17) is 18.6 Å². The third kappa shape index (κ3) is 3.87. The van der Waals surface area contributed by atoms with Crippen LogP contribution in [0.15, 0.2) is 16.7 Å². The Bertz CT molecular complexity index is 338. The average molecular weight is 242 g/mol. The van der Waals surface area contributed by atoms with Crippen molar-refractivity contribution in [2.75, 3.05) is 19.8 Å². The Morgan fingerprint density at radius 3 is 2.41 bits per heavy atom. The maximum Gasteiger partial charge on any atom is 0.341 e. The maximum absolute atomic E-state index is 11.4. The predicted octanol–water partition coefficient (Wildman–Crippen LogP) is 2.53. The number of furan rings is 1. The first-order valence-electron chi connectivity index (χ1n) is 5.71. The van der Waals surface area contributed by atoms with Crippen molar-refractivity contribution >= 4 is 5.97 Å². The lowest BCUT2D eigenvalue weighted by Gasteiger charge is -2.13. The Hall–Kier alpha value is -1.33. The highest BCUT2D eigenvalue weighted by Crippen LogP contribution is 2.21. The van der Waals surface area contributed by atoms with E-state index >= 15 is 0 Å². The quantitative estimate of drug-likeness (QED) is 0.543. The van der Waals surface area contributed by atoms with Gasteiger partial charge in [0.1, 0.15) is 6.26 Å². The van der Waals surface area contributed by atoms with E-state index in [9.17, 15) is 4.79 Å². The number of hydrogen-bond acceptors (Lipinski definition) is 5. The topological polar surface area (TPSA) is 57.9 Å². The number of hydrogen-bond donors (Lipinski definition) is 0. The molecule has 1 aromatic heterocycles. The first-order valence-corrected chi connectivity index (χ1v) is 5.71. The second-order valence-electron chi connectivity index (χ2n) is 3.20. The molecule has 0 atom stereocenters. The second-order valence-corrected chi connectivity index (χ2v) is 3.20. The zero-order valence-corrected chi connectivity index (χ0v) is 10.4. The highest BCUT2D eigenvalue weighted by atomic mass is 16.7. The van der Waals surface area contributed by atoms with Gasteiger partial charge in [0.2, 0.25) is 6.29 Å². The molecule has 0 unspecified atom stereocenters. The molecule has 17 heavy (non-hydrogen) atoms. The highest BCUT2D eigenvalue weighted by Gasteiger charge is 2.19. The molecule has 1 aromatic rings. The number of ether oxygens (including phenoxy) is 3. The van der Waals surface area contributed by atoms with Crippen molar-refractivity contribution < 1.29 is 23.4 Å². The van der Waals surface area contributed by atoms with Gasteiger partial charge in [0, 0.05) is 13.2 Å². The minimum absolute atomic E-state index is 0.333. The number of carbonyl (C=O) groups excluding carboxylic acids is 1. The van der Waals surface area contributed by atoms with Crippen molar-refractivity contribution in [3.63, 3.8) is 0 Å². The van der Waals surface area contributed by atoms with Gasteiger partial charge in [-0.3, -0.25) is 0 Å².